The molecule has 6 nitrogen and oxygen atoms in total. The average molecular weight is 268 g/mol. The first-order valence-corrected chi connectivity index (χ1v) is 6.86. The molecule has 1 unspecified atom stereocenters. The van der Waals surface area contributed by atoms with Gasteiger partial charge in [0.15, 0.2) is 0 Å². The highest BCUT2D eigenvalue weighted by Crippen LogP contribution is 2.25. The molecule has 0 amide bonds. The van der Waals surface area contributed by atoms with Crippen molar-refractivity contribution >= 4 is 5.69 Å². The highest BCUT2D eigenvalue weighted by molar-refractivity contribution is 5.41. The van der Waals surface area contributed by atoms with Gasteiger partial charge in [-0.3, -0.25) is 14.8 Å². The number of likely N-dealkylation sites (N-methyl/N-ethyl adjacent to an activating group) is 1. The summed E-state index contributed by atoms with van der Waals surface area (Å²) in [7, 11) is 0. The average Bonchev–Trinajstić information content (AvgIpc) is 2.64. The quantitative estimate of drug-likeness (QED) is 0.608. The first kappa shape index (κ1) is 15.6. The van der Waals surface area contributed by atoms with E-state index in [1.807, 2.05) is 13.8 Å². The first-order valence-electron chi connectivity index (χ1n) is 6.86. The maximum atomic E-state index is 11.2. The Balaban J connectivity index is 3.13. The number of hydrogen-bond acceptors (Lipinski definition) is 4. The second kappa shape index (κ2) is 6.65. The molecule has 108 valence electrons. The summed E-state index contributed by atoms with van der Waals surface area (Å²) < 4.78 is 1.75. The minimum Gasteiger partial charge on any atom is -0.314 e. The van der Waals surface area contributed by atoms with Gasteiger partial charge in [0.05, 0.1) is 4.92 Å². The molecule has 19 heavy (non-hydrogen) atoms. The van der Waals surface area contributed by atoms with E-state index in [1.165, 1.54) is 0 Å². The minimum atomic E-state index is -0.312. The Labute approximate surface area is 114 Å². The number of rotatable bonds is 7. The number of nitrogens with one attached hydrogen (secondary N) is 1. The van der Waals surface area contributed by atoms with Crippen LogP contribution in [0.3, 0.4) is 0 Å². The number of aromatic nitrogens is 2. The fraction of sp³-hybridized carbons (Fsp3) is 0.769. The fourth-order valence-electron chi connectivity index (χ4n) is 2.34. The predicted molar refractivity (Wildman–Crippen MR) is 75.3 cm³/mol. The van der Waals surface area contributed by atoms with E-state index in [1.54, 1.807) is 11.6 Å². The monoisotopic (exact) mass is 268 g/mol. The molecule has 0 aliphatic heterocycles. The van der Waals surface area contributed by atoms with Crippen LogP contribution in [0.25, 0.3) is 0 Å². The summed E-state index contributed by atoms with van der Waals surface area (Å²) in [4.78, 5) is 10.9. The van der Waals surface area contributed by atoms with Crippen molar-refractivity contribution in [1.82, 2.24) is 15.1 Å². The normalized spacial score (nSPS) is 12.9. The Morgan fingerprint density at radius 1 is 1.42 bits per heavy atom. The molecule has 1 aromatic heterocycles. The lowest BCUT2D eigenvalue weighted by Gasteiger charge is -2.21. The van der Waals surface area contributed by atoms with Crippen LogP contribution in [-0.4, -0.2) is 27.3 Å². The highest BCUT2D eigenvalue weighted by Gasteiger charge is 2.27. The summed E-state index contributed by atoms with van der Waals surface area (Å²) >= 11 is 0. The van der Waals surface area contributed by atoms with E-state index >= 15 is 0 Å². The summed E-state index contributed by atoms with van der Waals surface area (Å²) in [6.07, 6.45) is 0.635. The molecule has 0 spiro atoms. The van der Waals surface area contributed by atoms with Crippen molar-refractivity contribution in [3.63, 3.8) is 0 Å². The molecule has 1 aromatic rings. The Morgan fingerprint density at radius 3 is 2.47 bits per heavy atom. The third-order valence-corrected chi connectivity index (χ3v) is 3.36. The van der Waals surface area contributed by atoms with Gasteiger partial charge in [-0.25, -0.2) is 0 Å². The molecule has 1 rings (SSSR count). The van der Waals surface area contributed by atoms with E-state index in [0.717, 1.165) is 12.2 Å². The molecule has 1 N–H and O–H groups in total. The van der Waals surface area contributed by atoms with E-state index in [0.29, 0.717) is 24.6 Å². The summed E-state index contributed by atoms with van der Waals surface area (Å²) in [5.41, 5.74) is 1.40. The molecular weight excluding hydrogens is 244 g/mol. The molecule has 0 saturated carbocycles. The van der Waals surface area contributed by atoms with Crippen LogP contribution < -0.4 is 5.32 Å². The van der Waals surface area contributed by atoms with Gasteiger partial charge in [0.2, 0.25) is 0 Å². The van der Waals surface area contributed by atoms with Gasteiger partial charge in [-0.1, -0.05) is 20.8 Å². The highest BCUT2D eigenvalue weighted by atomic mass is 16.6. The summed E-state index contributed by atoms with van der Waals surface area (Å²) in [6, 6.07) is 0.227. The molecule has 0 saturated heterocycles. The van der Waals surface area contributed by atoms with Crippen LogP contribution in [0.15, 0.2) is 0 Å². The lowest BCUT2D eigenvalue weighted by molar-refractivity contribution is -0.386. The lowest BCUT2D eigenvalue weighted by atomic mass is 9.98. The van der Waals surface area contributed by atoms with Gasteiger partial charge in [0.25, 0.3) is 0 Å². The Kier molecular flexibility index (Phi) is 5.47. The van der Waals surface area contributed by atoms with Crippen molar-refractivity contribution in [1.29, 1.82) is 0 Å². The van der Waals surface area contributed by atoms with Crippen LogP contribution in [0.2, 0.25) is 0 Å². The second-order valence-electron chi connectivity index (χ2n) is 5.07. The van der Waals surface area contributed by atoms with E-state index in [-0.39, 0.29) is 16.7 Å². The predicted octanol–water partition coefficient (Wildman–Crippen LogP) is 2.30. The standard InChI is InChI=1S/C13H24N4O2/c1-6-14-11(9(3)4)8-12-13(17(18)19)10(5)15-16(12)7-2/h9,11,14H,6-8H2,1-5H3. The van der Waals surface area contributed by atoms with Crippen LogP contribution >= 0.6 is 0 Å². The van der Waals surface area contributed by atoms with E-state index < -0.39 is 0 Å². The summed E-state index contributed by atoms with van der Waals surface area (Å²) in [6.45, 7) is 11.5. The van der Waals surface area contributed by atoms with Gasteiger partial charge in [0, 0.05) is 19.0 Å². The van der Waals surface area contributed by atoms with Gasteiger partial charge in [-0.05, 0) is 26.3 Å². The molecule has 6 heteroatoms. The van der Waals surface area contributed by atoms with Crippen LogP contribution in [0.5, 0.6) is 0 Å². The zero-order valence-electron chi connectivity index (χ0n) is 12.4. The van der Waals surface area contributed by atoms with Crippen LogP contribution in [0.4, 0.5) is 5.69 Å². The van der Waals surface area contributed by atoms with Crippen molar-refractivity contribution in [3.8, 4) is 0 Å². The van der Waals surface area contributed by atoms with Gasteiger partial charge in [0.1, 0.15) is 11.4 Å². The van der Waals surface area contributed by atoms with E-state index in [2.05, 4.69) is 24.3 Å². The number of nitrogens with zero attached hydrogens (tertiary/aromatic N) is 3. The fourth-order valence-corrected chi connectivity index (χ4v) is 2.34. The molecular formula is C13H24N4O2. The Morgan fingerprint density at radius 2 is 2.05 bits per heavy atom. The summed E-state index contributed by atoms with van der Waals surface area (Å²) in [5.74, 6) is 0.417. The van der Waals surface area contributed by atoms with E-state index in [4.69, 9.17) is 0 Å². The zero-order valence-corrected chi connectivity index (χ0v) is 12.4. The van der Waals surface area contributed by atoms with Crippen molar-refractivity contribution in [2.24, 2.45) is 5.92 Å². The molecule has 1 heterocycles. The van der Waals surface area contributed by atoms with Crippen LogP contribution in [-0.2, 0) is 13.0 Å². The maximum absolute atomic E-state index is 11.2. The zero-order chi connectivity index (χ0) is 14.6. The van der Waals surface area contributed by atoms with Crippen molar-refractivity contribution in [2.75, 3.05) is 6.54 Å². The third kappa shape index (κ3) is 3.53. The molecule has 0 aromatic carbocycles. The maximum Gasteiger partial charge on any atom is 0.313 e. The molecule has 1 atom stereocenters. The molecule has 0 fully saturated rings. The Hall–Kier alpha value is -1.43. The van der Waals surface area contributed by atoms with Crippen molar-refractivity contribution in [3.05, 3.63) is 21.5 Å². The van der Waals surface area contributed by atoms with E-state index in [9.17, 15) is 10.1 Å². The van der Waals surface area contributed by atoms with Gasteiger partial charge >= 0.3 is 5.69 Å². The van der Waals surface area contributed by atoms with Gasteiger partial charge in [-0.15, -0.1) is 0 Å². The SMILES string of the molecule is CCNC(Cc1c([N+](=O)[O-])c(C)nn1CC)C(C)C. The number of hydrogen-bond donors (Lipinski definition) is 1. The van der Waals surface area contributed by atoms with Crippen molar-refractivity contribution < 1.29 is 4.92 Å². The van der Waals surface area contributed by atoms with Gasteiger partial charge < -0.3 is 5.32 Å². The molecule has 0 bridgehead atoms. The smallest absolute Gasteiger partial charge is 0.313 e. The minimum absolute atomic E-state index is 0.172. The first-order chi connectivity index (χ1) is 8.92. The second-order valence-corrected chi connectivity index (χ2v) is 5.07. The molecule has 0 radical (unpaired) electrons. The number of aryl methyl sites for hydroxylation is 2. The topological polar surface area (TPSA) is 73.0 Å². The van der Waals surface area contributed by atoms with Gasteiger partial charge in [-0.2, -0.15) is 5.10 Å². The lowest BCUT2D eigenvalue weighted by Crippen LogP contribution is -2.36. The largest absolute Gasteiger partial charge is 0.314 e. The molecule has 0 aliphatic carbocycles. The number of nitro groups is 1. The Bertz CT molecular complexity index is 440. The van der Waals surface area contributed by atoms with Crippen molar-refractivity contribution in [2.45, 2.75) is 53.6 Å². The third-order valence-electron chi connectivity index (χ3n) is 3.36. The van der Waals surface area contributed by atoms with Crippen LogP contribution in [0, 0.1) is 23.0 Å². The van der Waals surface area contributed by atoms with Crippen LogP contribution in [0.1, 0.15) is 39.1 Å². The summed E-state index contributed by atoms with van der Waals surface area (Å²) in [5, 5.41) is 18.9. The molecule has 0 aliphatic rings.